The zero-order valence-corrected chi connectivity index (χ0v) is 13.3. The predicted molar refractivity (Wildman–Crippen MR) is 79.2 cm³/mol. The molecule has 3 rings (SSSR count). The highest BCUT2D eigenvalue weighted by molar-refractivity contribution is 5.78. The highest BCUT2D eigenvalue weighted by Crippen LogP contribution is 2.38. The average Bonchev–Trinajstić information content (AvgIpc) is 3.14. The first-order valence-electron chi connectivity index (χ1n) is 7.93. The van der Waals surface area contributed by atoms with Gasteiger partial charge in [-0.3, -0.25) is 9.69 Å². The van der Waals surface area contributed by atoms with Crippen molar-refractivity contribution in [3.63, 3.8) is 0 Å². The van der Waals surface area contributed by atoms with Crippen molar-refractivity contribution in [2.45, 2.75) is 31.7 Å². The van der Waals surface area contributed by atoms with E-state index in [1.807, 2.05) is 11.9 Å². The molecule has 0 radical (unpaired) electrons. The van der Waals surface area contributed by atoms with E-state index in [1.165, 1.54) is 12.8 Å². The second kappa shape index (κ2) is 6.75. The van der Waals surface area contributed by atoms with Gasteiger partial charge in [-0.15, -0.1) is 0 Å². The molecule has 2 aliphatic rings. The Morgan fingerprint density at radius 1 is 1.45 bits per heavy atom. The molecule has 1 amide bonds. The van der Waals surface area contributed by atoms with E-state index < -0.39 is 0 Å². The Hall–Kier alpha value is -1.47. The molecule has 1 aliphatic heterocycles. The molecule has 7 nitrogen and oxygen atoms in total. The summed E-state index contributed by atoms with van der Waals surface area (Å²) in [7, 11) is 3.69. The summed E-state index contributed by atoms with van der Waals surface area (Å²) < 4.78 is 10.3. The molecule has 0 aromatic carbocycles. The molecule has 0 N–H and O–H groups in total. The Morgan fingerprint density at radius 2 is 2.27 bits per heavy atom. The van der Waals surface area contributed by atoms with E-state index in [-0.39, 0.29) is 5.91 Å². The number of hydrogen-bond donors (Lipinski definition) is 0. The summed E-state index contributed by atoms with van der Waals surface area (Å²) in [4.78, 5) is 20.4. The zero-order valence-electron chi connectivity index (χ0n) is 13.3. The summed E-state index contributed by atoms with van der Waals surface area (Å²) in [6.07, 6.45) is 2.97. The Labute approximate surface area is 130 Å². The number of ether oxygens (including phenoxy) is 1. The predicted octanol–water partition coefficient (Wildman–Crippen LogP) is 0.874. The van der Waals surface area contributed by atoms with Crippen LogP contribution in [0.4, 0.5) is 0 Å². The molecule has 0 spiro atoms. The van der Waals surface area contributed by atoms with E-state index in [2.05, 4.69) is 15.0 Å². The number of carbonyl (C=O) groups excluding carboxylic acids is 1. The van der Waals surface area contributed by atoms with Gasteiger partial charge in [-0.05, 0) is 25.8 Å². The molecular formula is C15H24N4O3. The first-order valence-corrected chi connectivity index (χ1v) is 7.93. The van der Waals surface area contributed by atoms with E-state index in [4.69, 9.17) is 9.26 Å². The third kappa shape index (κ3) is 3.84. The van der Waals surface area contributed by atoms with Crippen LogP contribution in [0.2, 0.25) is 0 Å². The molecule has 1 atom stereocenters. The van der Waals surface area contributed by atoms with Crippen LogP contribution in [-0.2, 0) is 16.1 Å². The summed E-state index contributed by atoms with van der Waals surface area (Å²) in [5, 5.41) is 4.03. The lowest BCUT2D eigenvalue weighted by atomic mass is 10.1. The van der Waals surface area contributed by atoms with Crippen LogP contribution in [-0.4, -0.2) is 66.2 Å². The van der Waals surface area contributed by atoms with Gasteiger partial charge in [-0.1, -0.05) is 5.16 Å². The summed E-state index contributed by atoms with van der Waals surface area (Å²) in [6, 6.07) is 0. The molecule has 0 unspecified atom stereocenters. The number of likely N-dealkylation sites (tertiary alicyclic amines) is 1. The van der Waals surface area contributed by atoms with Gasteiger partial charge in [0.2, 0.25) is 11.8 Å². The quantitative estimate of drug-likeness (QED) is 0.710. The lowest BCUT2D eigenvalue weighted by Gasteiger charge is -2.19. The second-order valence-corrected chi connectivity index (χ2v) is 6.42. The maximum atomic E-state index is 11.9. The van der Waals surface area contributed by atoms with Gasteiger partial charge in [0.25, 0.3) is 0 Å². The molecule has 0 bridgehead atoms. The van der Waals surface area contributed by atoms with Crippen LogP contribution in [0.25, 0.3) is 0 Å². The van der Waals surface area contributed by atoms with Crippen molar-refractivity contribution in [2.24, 2.45) is 5.92 Å². The SMILES string of the molecule is COCCN1C[C@H](CN(C)Cc2nc(C3CC3)no2)CC1=O. The van der Waals surface area contributed by atoms with Crippen molar-refractivity contribution in [1.82, 2.24) is 19.9 Å². The minimum Gasteiger partial charge on any atom is -0.383 e. The van der Waals surface area contributed by atoms with E-state index in [9.17, 15) is 4.79 Å². The van der Waals surface area contributed by atoms with Crippen molar-refractivity contribution >= 4 is 5.91 Å². The Morgan fingerprint density at radius 3 is 3.00 bits per heavy atom. The molecular weight excluding hydrogens is 284 g/mol. The first-order chi connectivity index (χ1) is 10.7. The molecule has 1 aromatic heterocycles. The van der Waals surface area contributed by atoms with E-state index >= 15 is 0 Å². The fraction of sp³-hybridized carbons (Fsp3) is 0.800. The van der Waals surface area contributed by atoms with Crippen LogP contribution < -0.4 is 0 Å². The first kappa shape index (κ1) is 15.4. The van der Waals surface area contributed by atoms with E-state index in [0.717, 1.165) is 18.9 Å². The maximum Gasteiger partial charge on any atom is 0.240 e. The third-order valence-corrected chi connectivity index (χ3v) is 4.26. The number of methoxy groups -OCH3 is 1. The Balaban J connectivity index is 1.45. The average molecular weight is 308 g/mol. The minimum atomic E-state index is 0.226. The van der Waals surface area contributed by atoms with Crippen molar-refractivity contribution in [3.05, 3.63) is 11.7 Å². The molecule has 22 heavy (non-hydrogen) atoms. The van der Waals surface area contributed by atoms with Crippen LogP contribution in [0.3, 0.4) is 0 Å². The van der Waals surface area contributed by atoms with Gasteiger partial charge >= 0.3 is 0 Å². The van der Waals surface area contributed by atoms with Gasteiger partial charge in [0.15, 0.2) is 5.82 Å². The summed E-state index contributed by atoms with van der Waals surface area (Å²) in [5.74, 6) is 2.63. The molecule has 122 valence electrons. The van der Waals surface area contributed by atoms with Gasteiger partial charge in [-0.2, -0.15) is 4.98 Å². The fourth-order valence-corrected chi connectivity index (χ4v) is 2.97. The minimum absolute atomic E-state index is 0.226. The molecule has 1 saturated carbocycles. The summed E-state index contributed by atoms with van der Waals surface area (Å²) >= 11 is 0. The smallest absolute Gasteiger partial charge is 0.240 e. The van der Waals surface area contributed by atoms with Crippen LogP contribution in [0, 0.1) is 5.92 Å². The van der Waals surface area contributed by atoms with Crippen molar-refractivity contribution in [2.75, 3.05) is 40.4 Å². The van der Waals surface area contributed by atoms with Crippen molar-refractivity contribution in [3.8, 4) is 0 Å². The van der Waals surface area contributed by atoms with Crippen LogP contribution in [0.5, 0.6) is 0 Å². The number of carbonyl (C=O) groups is 1. The Bertz CT molecular complexity index is 515. The van der Waals surface area contributed by atoms with Crippen molar-refractivity contribution < 1.29 is 14.1 Å². The van der Waals surface area contributed by atoms with E-state index in [1.54, 1.807) is 7.11 Å². The normalized spacial score (nSPS) is 22.0. The van der Waals surface area contributed by atoms with Gasteiger partial charge in [0.05, 0.1) is 13.2 Å². The molecule has 2 heterocycles. The lowest BCUT2D eigenvalue weighted by Crippen LogP contribution is -2.31. The number of rotatable bonds is 8. The molecule has 1 aromatic rings. The molecule has 7 heteroatoms. The van der Waals surface area contributed by atoms with Crippen molar-refractivity contribution in [1.29, 1.82) is 0 Å². The van der Waals surface area contributed by atoms with Crippen LogP contribution in [0.1, 0.15) is 36.9 Å². The van der Waals surface area contributed by atoms with Gasteiger partial charge in [0.1, 0.15) is 0 Å². The van der Waals surface area contributed by atoms with Gasteiger partial charge in [0, 0.05) is 39.1 Å². The maximum absolute atomic E-state index is 11.9. The summed E-state index contributed by atoms with van der Waals surface area (Å²) in [6.45, 7) is 3.59. The number of hydrogen-bond acceptors (Lipinski definition) is 6. The Kier molecular flexibility index (Phi) is 4.73. The highest BCUT2D eigenvalue weighted by atomic mass is 16.5. The fourth-order valence-electron chi connectivity index (χ4n) is 2.97. The highest BCUT2D eigenvalue weighted by Gasteiger charge is 2.31. The molecule has 1 saturated heterocycles. The summed E-state index contributed by atoms with van der Waals surface area (Å²) in [5.41, 5.74) is 0. The van der Waals surface area contributed by atoms with Gasteiger partial charge < -0.3 is 14.2 Å². The monoisotopic (exact) mass is 308 g/mol. The topological polar surface area (TPSA) is 71.7 Å². The second-order valence-electron chi connectivity index (χ2n) is 6.42. The zero-order chi connectivity index (χ0) is 15.5. The third-order valence-electron chi connectivity index (χ3n) is 4.26. The van der Waals surface area contributed by atoms with Crippen LogP contribution >= 0.6 is 0 Å². The largest absolute Gasteiger partial charge is 0.383 e. The number of aromatic nitrogens is 2. The van der Waals surface area contributed by atoms with Gasteiger partial charge in [-0.25, -0.2) is 0 Å². The van der Waals surface area contributed by atoms with E-state index in [0.29, 0.717) is 43.8 Å². The standard InChI is InChI=1S/C15H24N4O3/c1-18(10-13-16-15(17-22-13)12-3-4-12)8-11-7-14(20)19(9-11)5-6-21-2/h11-12H,3-10H2,1-2H3/t11-/m0/s1. The number of nitrogens with zero attached hydrogens (tertiary/aromatic N) is 4. The molecule has 1 aliphatic carbocycles. The molecule has 2 fully saturated rings. The number of amides is 1. The lowest BCUT2D eigenvalue weighted by molar-refractivity contribution is -0.128. The van der Waals surface area contributed by atoms with Crippen LogP contribution in [0.15, 0.2) is 4.52 Å².